The summed E-state index contributed by atoms with van der Waals surface area (Å²) in [4.78, 5) is 10.9. The molecule has 136 valence electrons. The highest BCUT2D eigenvalue weighted by atomic mass is 19.4. The number of hydrogen-bond donors (Lipinski definition) is 2. The second kappa shape index (κ2) is 6.28. The summed E-state index contributed by atoms with van der Waals surface area (Å²) in [5, 5.41) is 22.6. The molecule has 2 aromatic heterocycles. The minimum absolute atomic E-state index is 0.0474. The lowest BCUT2D eigenvalue weighted by molar-refractivity contribution is -0.146. The fraction of sp³-hybridized carbons (Fsp3) is 0.250. The van der Waals surface area contributed by atoms with Crippen LogP contribution in [0.2, 0.25) is 0 Å². The maximum absolute atomic E-state index is 13.0. The first-order chi connectivity index (χ1) is 12.2. The maximum Gasteiger partial charge on any atom is 0.453 e. The Hall–Kier alpha value is -3.17. The van der Waals surface area contributed by atoms with E-state index in [1.165, 1.54) is 12.1 Å². The highest BCUT2D eigenvalue weighted by Gasteiger charge is 2.38. The van der Waals surface area contributed by atoms with Crippen molar-refractivity contribution in [1.82, 2.24) is 19.8 Å². The first-order valence-corrected chi connectivity index (χ1v) is 7.54. The van der Waals surface area contributed by atoms with Crippen molar-refractivity contribution < 1.29 is 23.1 Å². The van der Waals surface area contributed by atoms with Gasteiger partial charge >= 0.3 is 12.1 Å². The second-order valence-electron chi connectivity index (χ2n) is 5.71. The lowest BCUT2D eigenvalue weighted by atomic mass is 10.1. The van der Waals surface area contributed by atoms with E-state index in [-0.39, 0.29) is 23.6 Å². The van der Waals surface area contributed by atoms with Gasteiger partial charge in [-0.05, 0) is 37.1 Å². The molecule has 0 aliphatic heterocycles. The molecule has 10 heteroatoms. The van der Waals surface area contributed by atoms with E-state index in [1.807, 2.05) is 0 Å². The molecule has 0 amide bonds. The van der Waals surface area contributed by atoms with Crippen LogP contribution in [0.1, 0.15) is 32.9 Å². The number of nitrogens with one attached hydrogen (secondary N) is 1. The number of carboxylic acids is 1. The van der Waals surface area contributed by atoms with Crippen LogP contribution in [0.25, 0.3) is 5.65 Å². The van der Waals surface area contributed by atoms with E-state index >= 15 is 0 Å². The average Bonchev–Trinajstić information content (AvgIpc) is 3.01. The summed E-state index contributed by atoms with van der Waals surface area (Å²) in [6, 6.07) is 6.15. The zero-order valence-electron chi connectivity index (χ0n) is 13.8. The molecule has 0 radical (unpaired) electrons. The molecule has 0 fully saturated rings. The molecular formula is C16H14F3N5O2. The molecule has 0 spiro atoms. The summed E-state index contributed by atoms with van der Waals surface area (Å²) in [6.45, 7) is 3.64. The van der Waals surface area contributed by atoms with Crippen molar-refractivity contribution in [3.8, 4) is 0 Å². The van der Waals surface area contributed by atoms with Gasteiger partial charge in [0.25, 0.3) is 5.82 Å². The fourth-order valence-electron chi connectivity index (χ4n) is 2.42. The molecular weight excluding hydrogens is 351 g/mol. The Kier molecular flexibility index (Phi) is 4.26. The normalized spacial score (nSPS) is 11.7. The number of fused-ring (bicyclic) bond motifs is 1. The predicted molar refractivity (Wildman–Crippen MR) is 86.0 cm³/mol. The highest BCUT2D eigenvalue weighted by Crippen LogP contribution is 2.29. The van der Waals surface area contributed by atoms with Gasteiger partial charge in [0.2, 0.25) is 0 Å². The van der Waals surface area contributed by atoms with Crippen LogP contribution in [-0.2, 0) is 12.7 Å². The van der Waals surface area contributed by atoms with Gasteiger partial charge in [0.05, 0.1) is 5.56 Å². The average molecular weight is 365 g/mol. The van der Waals surface area contributed by atoms with Crippen LogP contribution in [0, 0.1) is 13.8 Å². The third kappa shape index (κ3) is 3.17. The third-order valence-electron chi connectivity index (χ3n) is 4.01. The van der Waals surface area contributed by atoms with Gasteiger partial charge in [-0.3, -0.25) is 0 Å². The minimum Gasteiger partial charge on any atom is -0.478 e. The van der Waals surface area contributed by atoms with Crippen LogP contribution < -0.4 is 5.32 Å². The molecule has 0 bridgehead atoms. The summed E-state index contributed by atoms with van der Waals surface area (Å²) in [6.07, 6.45) is -4.67. The van der Waals surface area contributed by atoms with Crippen LogP contribution in [0.4, 0.5) is 19.0 Å². The van der Waals surface area contributed by atoms with E-state index in [1.54, 1.807) is 26.0 Å². The Morgan fingerprint density at radius 3 is 2.38 bits per heavy atom. The number of aryl methyl sites for hydroxylation is 1. The van der Waals surface area contributed by atoms with Gasteiger partial charge in [0.1, 0.15) is 0 Å². The number of anilines is 1. The van der Waals surface area contributed by atoms with Gasteiger partial charge in [-0.25, -0.2) is 4.79 Å². The molecule has 0 unspecified atom stereocenters. The first kappa shape index (κ1) is 17.6. The van der Waals surface area contributed by atoms with Crippen LogP contribution >= 0.6 is 0 Å². The second-order valence-corrected chi connectivity index (χ2v) is 5.71. The van der Waals surface area contributed by atoms with Crippen molar-refractivity contribution in [1.29, 1.82) is 0 Å². The molecule has 2 heterocycles. The summed E-state index contributed by atoms with van der Waals surface area (Å²) >= 11 is 0. The van der Waals surface area contributed by atoms with Crippen molar-refractivity contribution in [2.24, 2.45) is 0 Å². The summed E-state index contributed by atoms with van der Waals surface area (Å²) in [7, 11) is 0. The minimum atomic E-state index is -4.67. The number of hydrogen-bond acceptors (Lipinski definition) is 5. The number of carboxylic acid groups (broad SMARTS) is 1. The Morgan fingerprint density at radius 1 is 1.15 bits per heavy atom. The molecule has 3 aromatic rings. The Balaban J connectivity index is 1.92. The lowest BCUT2D eigenvalue weighted by Crippen LogP contribution is -2.15. The lowest BCUT2D eigenvalue weighted by Gasteiger charge is -2.12. The standard InChI is InChI=1S/C16H14F3N5O2/c1-8-9(2)13-21-22-15(16(17,18)19)24(13)23-12(8)20-7-10-3-5-11(6-4-10)14(25)26/h3-6H,7H2,1-2H3,(H,20,23)(H,25,26). The molecule has 3 rings (SSSR count). The van der Waals surface area contributed by atoms with Gasteiger partial charge in [0, 0.05) is 12.1 Å². The van der Waals surface area contributed by atoms with Gasteiger partial charge in [0.15, 0.2) is 11.5 Å². The van der Waals surface area contributed by atoms with E-state index in [4.69, 9.17) is 5.11 Å². The number of rotatable bonds is 4. The number of benzene rings is 1. The SMILES string of the molecule is Cc1c(NCc2ccc(C(=O)O)cc2)nn2c(C(F)(F)F)nnc2c1C. The quantitative estimate of drug-likeness (QED) is 0.738. The zero-order chi connectivity index (χ0) is 19.1. The largest absolute Gasteiger partial charge is 0.478 e. The van der Waals surface area contributed by atoms with E-state index in [2.05, 4.69) is 20.6 Å². The van der Waals surface area contributed by atoms with Crippen molar-refractivity contribution in [3.63, 3.8) is 0 Å². The molecule has 0 saturated heterocycles. The van der Waals surface area contributed by atoms with Crippen LogP contribution in [-0.4, -0.2) is 30.9 Å². The molecule has 7 nitrogen and oxygen atoms in total. The number of aromatic nitrogens is 4. The molecule has 0 aliphatic rings. The monoisotopic (exact) mass is 365 g/mol. The van der Waals surface area contributed by atoms with Crippen molar-refractivity contribution in [3.05, 3.63) is 52.3 Å². The fourth-order valence-corrected chi connectivity index (χ4v) is 2.42. The van der Waals surface area contributed by atoms with E-state index in [0.717, 1.165) is 5.56 Å². The zero-order valence-corrected chi connectivity index (χ0v) is 13.8. The number of carbonyl (C=O) groups is 1. The first-order valence-electron chi connectivity index (χ1n) is 7.54. The van der Waals surface area contributed by atoms with Crippen LogP contribution in [0.15, 0.2) is 24.3 Å². The maximum atomic E-state index is 13.0. The van der Waals surface area contributed by atoms with E-state index in [0.29, 0.717) is 15.6 Å². The Labute approximate surface area is 145 Å². The molecule has 0 aliphatic carbocycles. The van der Waals surface area contributed by atoms with Gasteiger partial charge in [-0.2, -0.15) is 17.7 Å². The Morgan fingerprint density at radius 2 is 1.81 bits per heavy atom. The highest BCUT2D eigenvalue weighted by molar-refractivity contribution is 5.87. The van der Waals surface area contributed by atoms with Gasteiger partial charge in [-0.1, -0.05) is 12.1 Å². The van der Waals surface area contributed by atoms with Crippen molar-refractivity contribution >= 4 is 17.4 Å². The number of halogens is 3. The molecule has 1 aromatic carbocycles. The summed E-state index contributed by atoms with van der Waals surface area (Å²) in [5.41, 5.74) is 2.15. The molecule has 0 saturated carbocycles. The number of alkyl halides is 3. The topological polar surface area (TPSA) is 92.4 Å². The van der Waals surface area contributed by atoms with Gasteiger partial charge < -0.3 is 10.4 Å². The van der Waals surface area contributed by atoms with Crippen LogP contribution in [0.3, 0.4) is 0 Å². The van der Waals surface area contributed by atoms with Crippen molar-refractivity contribution in [2.45, 2.75) is 26.6 Å². The number of aromatic carboxylic acids is 1. The van der Waals surface area contributed by atoms with Crippen molar-refractivity contribution in [2.75, 3.05) is 5.32 Å². The predicted octanol–water partition coefficient (Wildman–Crippen LogP) is 3.07. The summed E-state index contributed by atoms with van der Waals surface area (Å²) in [5.74, 6) is -1.96. The third-order valence-corrected chi connectivity index (χ3v) is 4.01. The summed E-state index contributed by atoms with van der Waals surface area (Å²) < 4.78 is 39.8. The van der Waals surface area contributed by atoms with Gasteiger partial charge in [-0.15, -0.1) is 15.3 Å². The molecule has 2 N–H and O–H groups in total. The van der Waals surface area contributed by atoms with Crippen LogP contribution in [0.5, 0.6) is 0 Å². The molecule has 26 heavy (non-hydrogen) atoms. The Bertz CT molecular complexity index is 980. The van der Waals surface area contributed by atoms with E-state index < -0.39 is 18.0 Å². The van der Waals surface area contributed by atoms with E-state index in [9.17, 15) is 18.0 Å². The molecule has 0 atom stereocenters. The smallest absolute Gasteiger partial charge is 0.453 e. The number of nitrogens with zero attached hydrogens (tertiary/aromatic N) is 4.